The Hall–Kier alpha value is -2.54. The summed E-state index contributed by atoms with van der Waals surface area (Å²) < 4.78 is 10.6. The average molecular weight is 358 g/mol. The third kappa shape index (κ3) is 3.32. The summed E-state index contributed by atoms with van der Waals surface area (Å²) >= 11 is 1.43. The van der Waals surface area contributed by atoms with E-state index in [0.717, 1.165) is 17.7 Å². The van der Waals surface area contributed by atoms with Crippen LogP contribution >= 0.6 is 11.3 Å². The molecule has 2 amide bonds. The number of likely N-dealkylation sites (tertiary alicyclic amines) is 1. The summed E-state index contributed by atoms with van der Waals surface area (Å²) in [6, 6.07) is 9.03. The zero-order valence-corrected chi connectivity index (χ0v) is 14.4. The maximum atomic E-state index is 12.6. The lowest BCUT2D eigenvalue weighted by atomic mass is 9.97. The normalized spacial score (nSPS) is 18.9. The Labute approximate surface area is 149 Å². The minimum absolute atomic E-state index is 0.00980. The molecule has 7 heteroatoms. The van der Waals surface area contributed by atoms with Crippen molar-refractivity contribution in [3.05, 3.63) is 40.6 Å². The Morgan fingerprint density at radius 3 is 2.92 bits per heavy atom. The lowest BCUT2D eigenvalue weighted by Gasteiger charge is -2.31. The second-order valence-electron chi connectivity index (χ2n) is 6.12. The first-order valence-corrected chi connectivity index (χ1v) is 9.12. The van der Waals surface area contributed by atoms with Crippen molar-refractivity contribution in [2.75, 3.05) is 25.2 Å². The number of hydrogen-bond acceptors (Lipinski definition) is 5. The van der Waals surface area contributed by atoms with Gasteiger partial charge in [0.2, 0.25) is 12.7 Å². The van der Waals surface area contributed by atoms with Gasteiger partial charge in [-0.1, -0.05) is 6.07 Å². The molecule has 0 bridgehead atoms. The third-order valence-corrected chi connectivity index (χ3v) is 5.31. The number of amides is 2. The van der Waals surface area contributed by atoms with Crippen molar-refractivity contribution >= 4 is 28.8 Å². The van der Waals surface area contributed by atoms with Crippen LogP contribution < -0.4 is 14.8 Å². The SMILES string of the molecule is O=C(Nc1ccc2c(c1)OCO2)C1CCCN(C(=O)c2cccs2)C1. The molecule has 1 atom stereocenters. The summed E-state index contributed by atoms with van der Waals surface area (Å²) in [5.74, 6) is 1.06. The van der Waals surface area contributed by atoms with Crippen molar-refractivity contribution in [2.45, 2.75) is 12.8 Å². The number of carbonyl (C=O) groups excluding carboxylic acids is 2. The third-order valence-electron chi connectivity index (χ3n) is 4.45. The van der Waals surface area contributed by atoms with Crippen LogP contribution in [0.15, 0.2) is 35.7 Å². The number of nitrogens with zero attached hydrogens (tertiary/aromatic N) is 1. The zero-order valence-electron chi connectivity index (χ0n) is 13.6. The van der Waals surface area contributed by atoms with Gasteiger partial charge in [-0.25, -0.2) is 0 Å². The van der Waals surface area contributed by atoms with Crippen LogP contribution in [0.4, 0.5) is 5.69 Å². The van der Waals surface area contributed by atoms with Gasteiger partial charge in [0.1, 0.15) is 0 Å². The largest absolute Gasteiger partial charge is 0.454 e. The maximum Gasteiger partial charge on any atom is 0.263 e. The van der Waals surface area contributed by atoms with Crippen LogP contribution in [-0.2, 0) is 4.79 Å². The summed E-state index contributed by atoms with van der Waals surface area (Å²) in [6.45, 7) is 1.35. The van der Waals surface area contributed by atoms with E-state index in [1.807, 2.05) is 17.5 Å². The fourth-order valence-electron chi connectivity index (χ4n) is 3.15. The molecule has 2 aliphatic heterocycles. The minimum Gasteiger partial charge on any atom is -0.454 e. The van der Waals surface area contributed by atoms with E-state index in [1.54, 1.807) is 23.1 Å². The van der Waals surface area contributed by atoms with Crippen LogP contribution in [0.3, 0.4) is 0 Å². The molecule has 1 aromatic carbocycles. The van der Waals surface area contributed by atoms with Crippen LogP contribution in [0, 0.1) is 5.92 Å². The predicted molar refractivity (Wildman–Crippen MR) is 94.1 cm³/mol. The van der Waals surface area contributed by atoms with Crippen LogP contribution in [-0.4, -0.2) is 36.6 Å². The van der Waals surface area contributed by atoms with E-state index in [-0.39, 0.29) is 24.5 Å². The second kappa shape index (κ2) is 6.76. The van der Waals surface area contributed by atoms with Crippen molar-refractivity contribution in [3.8, 4) is 11.5 Å². The Bertz CT molecular complexity index is 790. The number of nitrogens with one attached hydrogen (secondary N) is 1. The molecule has 130 valence electrons. The van der Waals surface area contributed by atoms with Crippen LogP contribution in [0.2, 0.25) is 0 Å². The summed E-state index contributed by atoms with van der Waals surface area (Å²) in [4.78, 5) is 27.6. The molecule has 0 spiro atoms. The first-order valence-electron chi connectivity index (χ1n) is 8.24. The highest BCUT2D eigenvalue weighted by atomic mass is 32.1. The molecule has 25 heavy (non-hydrogen) atoms. The number of carbonyl (C=O) groups is 2. The van der Waals surface area contributed by atoms with Gasteiger partial charge in [0, 0.05) is 24.8 Å². The zero-order chi connectivity index (χ0) is 17.2. The van der Waals surface area contributed by atoms with Crippen molar-refractivity contribution in [2.24, 2.45) is 5.92 Å². The highest BCUT2D eigenvalue weighted by Gasteiger charge is 2.29. The summed E-state index contributed by atoms with van der Waals surface area (Å²) in [7, 11) is 0. The Balaban J connectivity index is 1.41. The molecule has 1 N–H and O–H groups in total. The van der Waals surface area contributed by atoms with Crippen molar-refractivity contribution in [1.82, 2.24) is 4.90 Å². The summed E-state index contributed by atoms with van der Waals surface area (Å²) in [6.07, 6.45) is 1.61. The van der Waals surface area contributed by atoms with Gasteiger partial charge in [-0.2, -0.15) is 0 Å². The molecule has 1 fully saturated rings. The van der Waals surface area contributed by atoms with Crippen molar-refractivity contribution in [3.63, 3.8) is 0 Å². The van der Waals surface area contributed by atoms with E-state index in [1.165, 1.54) is 11.3 Å². The van der Waals surface area contributed by atoms with Gasteiger partial charge in [-0.15, -0.1) is 11.3 Å². The van der Waals surface area contributed by atoms with Gasteiger partial charge in [-0.05, 0) is 36.4 Å². The number of ether oxygens (including phenoxy) is 2. The van der Waals surface area contributed by atoms with E-state index in [4.69, 9.17) is 9.47 Å². The molecule has 1 saturated heterocycles. The Kier molecular flexibility index (Phi) is 4.31. The molecule has 2 aliphatic rings. The maximum absolute atomic E-state index is 12.6. The molecule has 0 radical (unpaired) electrons. The lowest BCUT2D eigenvalue weighted by molar-refractivity contribution is -0.121. The Morgan fingerprint density at radius 2 is 2.08 bits per heavy atom. The number of hydrogen-bond donors (Lipinski definition) is 1. The van der Waals surface area contributed by atoms with E-state index < -0.39 is 0 Å². The molecule has 0 saturated carbocycles. The van der Waals surface area contributed by atoms with Gasteiger partial charge in [0.05, 0.1) is 10.8 Å². The number of rotatable bonds is 3. The van der Waals surface area contributed by atoms with Gasteiger partial charge >= 0.3 is 0 Å². The molecule has 2 aromatic rings. The number of anilines is 1. The lowest BCUT2D eigenvalue weighted by Crippen LogP contribution is -2.43. The minimum atomic E-state index is -0.205. The molecule has 0 aliphatic carbocycles. The van der Waals surface area contributed by atoms with Gasteiger partial charge < -0.3 is 19.7 Å². The standard InChI is InChI=1S/C18H18N2O4S/c21-17(19-13-5-6-14-15(9-13)24-11-23-14)12-3-1-7-20(10-12)18(22)16-4-2-8-25-16/h2,4-6,8-9,12H,1,3,7,10-11H2,(H,19,21). The van der Waals surface area contributed by atoms with Gasteiger partial charge in [0.25, 0.3) is 5.91 Å². The molecule has 1 aromatic heterocycles. The molecule has 6 nitrogen and oxygen atoms in total. The van der Waals surface area contributed by atoms with E-state index in [2.05, 4.69) is 5.32 Å². The first-order chi connectivity index (χ1) is 12.2. The van der Waals surface area contributed by atoms with E-state index in [0.29, 0.717) is 30.3 Å². The van der Waals surface area contributed by atoms with E-state index >= 15 is 0 Å². The average Bonchev–Trinajstić information content (AvgIpc) is 3.32. The number of thiophene rings is 1. The highest BCUT2D eigenvalue weighted by Crippen LogP contribution is 2.34. The topological polar surface area (TPSA) is 67.9 Å². The van der Waals surface area contributed by atoms with Crippen LogP contribution in [0.25, 0.3) is 0 Å². The molecule has 4 rings (SSSR count). The highest BCUT2D eigenvalue weighted by molar-refractivity contribution is 7.12. The summed E-state index contributed by atoms with van der Waals surface area (Å²) in [5.41, 5.74) is 0.677. The first kappa shape index (κ1) is 16.0. The summed E-state index contributed by atoms with van der Waals surface area (Å²) in [5, 5.41) is 4.82. The van der Waals surface area contributed by atoms with Crippen LogP contribution in [0.1, 0.15) is 22.5 Å². The second-order valence-corrected chi connectivity index (χ2v) is 7.07. The Morgan fingerprint density at radius 1 is 1.20 bits per heavy atom. The number of piperidine rings is 1. The fraction of sp³-hybridized carbons (Fsp3) is 0.333. The molecular weight excluding hydrogens is 340 g/mol. The van der Waals surface area contributed by atoms with Crippen LogP contribution in [0.5, 0.6) is 11.5 Å². The quantitative estimate of drug-likeness (QED) is 0.916. The smallest absolute Gasteiger partial charge is 0.263 e. The molecule has 3 heterocycles. The molecular formula is C18H18N2O4S. The van der Waals surface area contributed by atoms with Gasteiger partial charge in [0.15, 0.2) is 11.5 Å². The predicted octanol–water partition coefficient (Wildman–Crippen LogP) is 2.97. The monoisotopic (exact) mass is 358 g/mol. The number of benzene rings is 1. The van der Waals surface area contributed by atoms with Crippen molar-refractivity contribution in [1.29, 1.82) is 0 Å². The van der Waals surface area contributed by atoms with Gasteiger partial charge in [-0.3, -0.25) is 9.59 Å². The van der Waals surface area contributed by atoms with E-state index in [9.17, 15) is 9.59 Å². The fourth-order valence-corrected chi connectivity index (χ4v) is 3.84. The van der Waals surface area contributed by atoms with Crippen molar-refractivity contribution < 1.29 is 19.1 Å². The number of fused-ring (bicyclic) bond motifs is 1. The molecule has 1 unspecified atom stereocenters.